The average molecular weight is 280 g/mol. The maximum absolute atomic E-state index is 12.3. The van der Waals surface area contributed by atoms with Crippen LogP contribution in [0.2, 0.25) is 0 Å². The molecule has 0 aliphatic heterocycles. The predicted molar refractivity (Wildman–Crippen MR) is 75.5 cm³/mol. The van der Waals surface area contributed by atoms with Crippen LogP contribution in [0.1, 0.15) is 22.3 Å². The fourth-order valence-corrected chi connectivity index (χ4v) is 2.00. The Bertz CT molecular complexity index is 481. The van der Waals surface area contributed by atoms with Gasteiger partial charge in [-0.3, -0.25) is 4.79 Å². The van der Waals surface area contributed by atoms with E-state index in [1.165, 1.54) is 14.2 Å². The topological polar surface area (TPSA) is 76.0 Å². The van der Waals surface area contributed by atoms with Gasteiger partial charge < -0.3 is 19.7 Å². The van der Waals surface area contributed by atoms with Gasteiger partial charge in [-0.1, -0.05) is 6.08 Å². The molecule has 0 heterocycles. The van der Waals surface area contributed by atoms with Crippen molar-refractivity contribution >= 4 is 5.78 Å². The number of benzene rings is 1. The minimum absolute atomic E-state index is 0.176. The fourth-order valence-electron chi connectivity index (χ4n) is 2.00. The molecule has 0 fully saturated rings. The van der Waals surface area contributed by atoms with E-state index in [1.54, 1.807) is 18.2 Å². The summed E-state index contributed by atoms with van der Waals surface area (Å²) >= 11 is 0. The molecule has 0 spiro atoms. The second-order valence-corrected chi connectivity index (χ2v) is 4.28. The Balaban J connectivity index is 3.31. The van der Waals surface area contributed by atoms with Gasteiger partial charge >= 0.3 is 0 Å². The Morgan fingerprint density at radius 1 is 1.35 bits per heavy atom. The Morgan fingerprint density at radius 3 is 2.45 bits per heavy atom. The predicted octanol–water partition coefficient (Wildman–Crippen LogP) is 1.36. The molecule has 0 bridgehead atoms. The van der Waals surface area contributed by atoms with Crippen LogP contribution in [0.4, 0.5) is 0 Å². The van der Waals surface area contributed by atoms with Crippen LogP contribution < -0.4 is 9.47 Å². The van der Waals surface area contributed by atoms with Crippen molar-refractivity contribution in [3.63, 3.8) is 0 Å². The second kappa shape index (κ2) is 7.67. The molecular weight excluding hydrogens is 260 g/mol. The number of ketones is 1. The lowest BCUT2D eigenvalue weighted by atomic mass is 9.95. The van der Waals surface area contributed by atoms with Crippen LogP contribution >= 0.6 is 0 Å². The summed E-state index contributed by atoms with van der Waals surface area (Å²) < 4.78 is 10.5. The standard InChI is InChI=1S/C15H20O5/c1-4-5-11-13(19-2)6-7-14(20-3)15(11)12(18)8-10(17)9-16/h4,6-7,10,16-17H,1,5,8-9H2,2-3H3. The summed E-state index contributed by atoms with van der Waals surface area (Å²) in [4.78, 5) is 12.3. The molecule has 0 saturated heterocycles. The van der Waals surface area contributed by atoms with E-state index < -0.39 is 12.7 Å². The summed E-state index contributed by atoms with van der Waals surface area (Å²) in [7, 11) is 2.99. The van der Waals surface area contributed by atoms with E-state index >= 15 is 0 Å². The quantitative estimate of drug-likeness (QED) is 0.555. The number of allylic oxidation sites excluding steroid dienone is 1. The number of Topliss-reactive ketones (excluding diaryl/α,β-unsaturated/α-hetero) is 1. The van der Waals surface area contributed by atoms with Gasteiger partial charge in [-0.25, -0.2) is 0 Å². The highest BCUT2D eigenvalue weighted by molar-refractivity contribution is 6.01. The zero-order chi connectivity index (χ0) is 15.1. The van der Waals surface area contributed by atoms with Crippen molar-refractivity contribution in [2.24, 2.45) is 0 Å². The van der Waals surface area contributed by atoms with Gasteiger partial charge in [0, 0.05) is 12.0 Å². The highest BCUT2D eigenvalue weighted by Crippen LogP contribution is 2.32. The van der Waals surface area contributed by atoms with Crippen LogP contribution in [0.15, 0.2) is 24.8 Å². The van der Waals surface area contributed by atoms with E-state index in [2.05, 4.69) is 6.58 Å². The third kappa shape index (κ3) is 3.59. The van der Waals surface area contributed by atoms with Crippen LogP contribution in [-0.2, 0) is 6.42 Å². The maximum Gasteiger partial charge on any atom is 0.169 e. The highest BCUT2D eigenvalue weighted by Gasteiger charge is 2.22. The first kappa shape index (κ1) is 16.2. The van der Waals surface area contributed by atoms with E-state index in [9.17, 15) is 9.90 Å². The molecule has 1 rings (SSSR count). The first-order valence-corrected chi connectivity index (χ1v) is 6.25. The van der Waals surface area contributed by atoms with Gasteiger partial charge in [0.2, 0.25) is 0 Å². The molecule has 20 heavy (non-hydrogen) atoms. The number of hydrogen-bond donors (Lipinski definition) is 2. The normalized spacial score (nSPS) is 11.8. The highest BCUT2D eigenvalue weighted by atomic mass is 16.5. The van der Waals surface area contributed by atoms with Crippen LogP contribution in [0, 0.1) is 0 Å². The van der Waals surface area contributed by atoms with Crippen molar-refractivity contribution in [2.75, 3.05) is 20.8 Å². The lowest BCUT2D eigenvalue weighted by molar-refractivity contribution is 0.0700. The second-order valence-electron chi connectivity index (χ2n) is 4.28. The molecule has 1 unspecified atom stereocenters. The lowest BCUT2D eigenvalue weighted by Gasteiger charge is -2.16. The Kier molecular flexibility index (Phi) is 6.21. The van der Waals surface area contributed by atoms with Crippen molar-refractivity contribution in [3.05, 3.63) is 35.9 Å². The molecule has 2 N–H and O–H groups in total. The Hall–Kier alpha value is -1.85. The summed E-state index contributed by atoms with van der Waals surface area (Å²) in [5.41, 5.74) is 1.02. The van der Waals surface area contributed by atoms with Gasteiger partial charge in [0.05, 0.1) is 32.5 Å². The molecule has 0 amide bonds. The Labute approximate surface area is 118 Å². The summed E-state index contributed by atoms with van der Waals surface area (Å²) in [6, 6.07) is 3.36. The molecule has 1 aromatic carbocycles. The van der Waals surface area contributed by atoms with E-state index in [1.807, 2.05) is 0 Å². The molecule has 1 atom stereocenters. The largest absolute Gasteiger partial charge is 0.496 e. The summed E-state index contributed by atoms with van der Waals surface area (Å²) in [5, 5.41) is 18.3. The molecule has 5 nitrogen and oxygen atoms in total. The third-order valence-electron chi connectivity index (χ3n) is 2.93. The van der Waals surface area contributed by atoms with Crippen LogP contribution in [0.5, 0.6) is 11.5 Å². The number of ether oxygens (including phenoxy) is 2. The molecular formula is C15H20O5. The monoisotopic (exact) mass is 280 g/mol. The number of rotatable bonds is 8. The number of methoxy groups -OCH3 is 2. The molecule has 1 aromatic rings. The van der Waals surface area contributed by atoms with Gasteiger partial charge in [-0.15, -0.1) is 6.58 Å². The number of hydrogen-bond acceptors (Lipinski definition) is 5. The molecule has 0 aliphatic carbocycles. The number of aliphatic hydroxyl groups excluding tert-OH is 2. The minimum Gasteiger partial charge on any atom is -0.496 e. The maximum atomic E-state index is 12.3. The first-order chi connectivity index (χ1) is 9.58. The zero-order valence-corrected chi connectivity index (χ0v) is 11.8. The zero-order valence-electron chi connectivity index (χ0n) is 11.8. The van der Waals surface area contributed by atoms with Gasteiger partial charge in [0.25, 0.3) is 0 Å². The van der Waals surface area contributed by atoms with Crippen molar-refractivity contribution in [1.29, 1.82) is 0 Å². The van der Waals surface area contributed by atoms with Gasteiger partial charge in [-0.2, -0.15) is 0 Å². The SMILES string of the molecule is C=CCc1c(OC)ccc(OC)c1C(=O)CC(O)CO. The van der Waals surface area contributed by atoms with Crippen LogP contribution in [0.3, 0.4) is 0 Å². The molecule has 110 valence electrons. The third-order valence-corrected chi connectivity index (χ3v) is 2.93. The number of aliphatic hydroxyl groups is 2. The summed E-state index contributed by atoms with van der Waals surface area (Å²) in [6.07, 6.45) is 0.840. The average Bonchev–Trinajstić information content (AvgIpc) is 2.46. The smallest absolute Gasteiger partial charge is 0.169 e. The van der Waals surface area contributed by atoms with E-state index in [0.717, 1.165) is 0 Å². The summed E-state index contributed by atoms with van der Waals surface area (Å²) in [6.45, 7) is 3.20. The number of carbonyl (C=O) groups excluding carboxylic acids is 1. The first-order valence-electron chi connectivity index (χ1n) is 6.25. The van der Waals surface area contributed by atoms with Crippen molar-refractivity contribution in [3.8, 4) is 11.5 Å². The fraction of sp³-hybridized carbons (Fsp3) is 0.400. The van der Waals surface area contributed by atoms with Gasteiger partial charge in [0.15, 0.2) is 5.78 Å². The Morgan fingerprint density at radius 2 is 1.95 bits per heavy atom. The van der Waals surface area contributed by atoms with E-state index in [-0.39, 0.29) is 12.2 Å². The van der Waals surface area contributed by atoms with E-state index in [4.69, 9.17) is 14.6 Å². The van der Waals surface area contributed by atoms with Crippen LogP contribution in [-0.4, -0.2) is 42.9 Å². The van der Waals surface area contributed by atoms with Crippen molar-refractivity contribution in [1.82, 2.24) is 0 Å². The van der Waals surface area contributed by atoms with Gasteiger partial charge in [-0.05, 0) is 18.6 Å². The molecule has 0 saturated carbocycles. The number of carbonyl (C=O) groups is 1. The minimum atomic E-state index is -1.09. The molecule has 0 aliphatic rings. The molecule has 0 radical (unpaired) electrons. The van der Waals surface area contributed by atoms with Gasteiger partial charge in [0.1, 0.15) is 11.5 Å². The molecule has 5 heteroatoms. The summed E-state index contributed by atoms with van der Waals surface area (Å²) in [5.74, 6) is 0.671. The van der Waals surface area contributed by atoms with Crippen LogP contribution in [0.25, 0.3) is 0 Å². The van der Waals surface area contributed by atoms with Crippen molar-refractivity contribution < 1.29 is 24.5 Å². The molecule has 0 aromatic heterocycles. The lowest BCUT2D eigenvalue weighted by Crippen LogP contribution is -2.19. The van der Waals surface area contributed by atoms with Crippen molar-refractivity contribution in [2.45, 2.75) is 18.9 Å². The van der Waals surface area contributed by atoms with E-state index in [0.29, 0.717) is 29.0 Å².